The molecule has 0 aliphatic carbocycles. The maximum absolute atomic E-state index is 6.38. The Morgan fingerprint density at radius 3 is 2.86 bits per heavy atom. The van der Waals surface area contributed by atoms with Gasteiger partial charge in [-0.2, -0.15) is 0 Å². The lowest BCUT2D eigenvalue weighted by Crippen LogP contribution is -2.37. The molecule has 2 N–H and O–H groups in total. The third-order valence-electron chi connectivity index (χ3n) is 3.96. The summed E-state index contributed by atoms with van der Waals surface area (Å²) in [5.41, 5.74) is 6.88. The smallest absolute Gasteiger partial charge is 0.162 e. The summed E-state index contributed by atoms with van der Waals surface area (Å²) in [6, 6.07) is 3.84. The van der Waals surface area contributed by atoms with E-state index >= 15 is 0 Å². The molecule has 1 saturated heterocycles. The van der Waals surface area contributed by atoms with Crippen molar-refractivity contribution < 1.29 is 9.47 Å². The van der Waals surface area contributed by atoms with Crippen molar-refractivity contribution >= 4 is 11.6 Å². The van der Waals surface area contributed by atoms with Gasteiger partial charge in [-0.15, -0.1) is 0 Å². The Hall–Kier alpha value is -0.970. The third kappa shape index (κ3) is 4.25. The number of hydrogen-bond acceptors (Lipinski definition) is 4. The van der Waals surface area contributed by atoms with Crippen molar-refractivity contribution in [3.05, 3.63) is 22.7 Å². The van der Waals surface area contributed by atoms with Crippen LogP contribution in [-0.2, 0) is 6.54 Å². The fourth-order valence-corrected chi connectivity index (χ4v) is 3.07. The molecule has 0 bridgehead atoms. The number of ether oxygens (including phenoxy) is 2. The number of benzene rings is 1. The number of likely N-dealkylation sites (tertiary alicyclic amines) is 1. The highest BCUT2D eigenvalue weighted by molar-refractivity contribution is 6.31. The summed E-state index contributed by atoms with van der Waals surface area (Å²) in [7, 11) is 1.63. The number of nitrogens with zero attached hydrogens (tertiary/aromatic N) is 1. The molecule has 0 unspecified atom stereocenters. The molecule has 1 aliphatic rings. The Balaban J connectivity index is 2.13. The van der Waals surface area contributed by atoms with Crippen molar-refractivity contribution in [1.29, 1.82) is 0 Å². The van der Waals surface area contributed by atoms with E-state index in [0.29, 0.717) is 18.3 Å². The molecule has 0 aromatic heterocycles. The molecule has 2 rings (SSSR count). The number of piperidine rings is 1. The van der Waals surface area contributed by atoms with Crippen LogP contribution < -0.4 is 15.2 Å². The fraction of sp³-hybridized carbons (Fsp3) is 0.625. The molecule has 1 aliphatic heterocycles. The largest absolute Gasteiger partial charge is 0.493 e. The van der Waals surface area contributed by atoms with Crippen LogP contribution in [0.25, 0.3) is 0 Å². The number of methoxy groups -OCH3 is 1. The van der Waals surface area contributed by atoms with E-state index < -0.39 is 0 Å². The first-order valence-corrected chi connectivity index (χ1v) is 7.97. The van der Waals surface area contributed by atoms with Crippen molar-refractivity contribution in [3.8, 4) is 11.5 Å². The molecular weight excluding hydrogens is 288 g/mol. The maximum Gasteiger partial charge on any atom is 0.162 e. The molecule has 1 atom stereocenters. The summed E-state index contributed by atoms with van der Waals surface area (Å²) in [5, 5.41) is 0.727. The molecular formula is C16H25ClN2O2. The number of hydrogen-bond donors (Lipinski definition) is 1. The SMILES string of the molecule is CCOc1cc(CN2CCC[C@@H](CN)C2)c(Cl)cc1OC. The zero-order chi connectivity index (χ0) is 15.2. The Labute approximate surface area is 132 Å². The van der Waals surface area contributed by atoms with Gasteiger partial charge in [0.1, 0.15) is 0 Å². The summed E-state index contributed by atoms with van der Waals surface area (Å²) in [6.07, 6.45) is 2.43. The summed E-state index contributed by atoms with van der Waals surface area (Å²) < 4.78 is 11.0. The molecule has 4 nitrogen and oxygen atoms in total. The average Bonchev–Trinajstić information content (AvgIpc) is 2.50. The van der Waals surface area contributed by atoms with Gasteiger partial charge in [-0.1, -0.05) is 11.6 Å². The molecule has 118 valence electrons. The van der Waals surface area contributed by atoms with Crippen LogP contribution in [0.5, 0.6) is 11.5 Å². The van der Waals surface area contributed by atoms with Gasteiger partial charge in [-0.3, -0.25) is 4.90 Å². The second-order valence-corrected chi connectivity index (χ2v) is 5.91. The number of nitrogens with two attached hydrogens (primary N) is 1. The Morgan fingerprint density at radius 1 is 1.38 bits per heavy atom. The summed E-state index contributed by atoms with van der Waals surface area (Å²) in [5.74, 6) is 2.04. The van der Waals surface area contributed by atoms with E-state index in [1.807, 2.05) is 19.1 Å². The van der Waals surface area contributed by atoms with E-state index in [0.717, 1.165) is 42.5 Å². The topological polar surface area (TPSA) is 47.7 Å². The summed E-state index contributed by atoms with van der Waals surface area (Å²) in [6.45, 7) is 6.31. The minimum Gasteiger partial charge on any atom is -0.493 e. The molecule has 1 aromatic carbocycles. The second kappa shape index (κ2) is 7.87. The highest BCUT2D eigenvalue weighted by Crippen LogP contribution is 2.34. The van der Waals surface area contributed by atoms with Crippen LogP contribution in [0.2, 0.25) is 5.02 Å². The first-order valence-electron chi connectivity index (χ1n) is 7.59. The molecule has 1 fully saturated rings. The Morgan fingerprint density at radius 2 is 2.19 bits per heavy atom. The fourth-order valence-electron chi connectivity index (χ4n) is 2.85. The first kappa shape index (κ1) is 16.4. The van der Waals surface area contributed by atoms with Gasteiger partial charge in [-0.25, -0.2) is 0 Å². The standard InChI is InChI=1S/C16H25ClN2O2/c1-3-21-16-7-13(14(17)8-15(16)20-2)11-19-6-4-5-12(9-18)10-19/h7-8,12H,3-6,9-11,18H2,1-2H3/t12-/m0/s1. The average molecular weight is 313 g/mol. The van der Waals surface area contributed by atoms with Gasteiger partial charge >= 0.3 is 0 Å². The maximum atomic E-state index is 6.38. The summed E-state index contributed by atoms with van der Waals surface area (Å²) in [4.78, 5) is 2.42. The van der Waals surface area contributed by atoms with Crippen LogP contribution in [0.3, 0.4) is 0 Å². The van der Waals surface area contributed by atoms with E-state index in [1.165, 1.54) is 12.8 Å². The Bertz CT molecular complexity index is 468. The molecule has 0 amide bonds. The zero-order valence-electron chi connectivity index (χ0n) is 12.9. The van der Waals surface area contributed by atoms with Gasteiger partial charge in [0.2, 0.25) is 0 Å². The lowest BCUT2D eigenvalue weighted by molar-refractivity contribution is 0.171. The van der Waals surface area contributed by atoms with E-state index in [2.05, 4.69) is 4.90 Å². The molecule has 5 heteroatoms. The number of rotatable bonds is 6. The van der Waals surface area contributed by atoms with Crippen molar-refractivity contribution in [2.24, 2.45) is 11.7 Å². The second-order valence-electron chi connectivity index (χ2n) is 5.51. The van der Waals surface area contributed by atoms with E-state index in [4.69, 9.17) is 26.8 Å². The highest BCUT2D eigenvalue weighted by Gasteiger charge is 2.20. The van der Waals surface area contributed by atoms with Gasteiger partial charge < -0.3 is 15.2 Å². The minimum atomic E-state index is 0.599. The molecule has 1 aromatic rings. The van der Waals surface area contributed by atoms with Crippen molar-refractivity contribution in [1.82, 2.24) is 4.90 Å². The predicted molar refractivity (Wildman–Crippen MR) is 86.2 cm³/mol. The van der Waals surface area contributed by atoms with Crippen LogP contribution in [0.4, 0.5) is 0 Å². The van der Waals surface area contributed by atoms with Crippen molar-refractivity contribution in [2.75, 3.05) is 33.4 Å². The monoisotopic (exact) mass is 312 g/mol. The van der Waals surface area contributed by atoms with Crippen molar-refractivity contribution in [2.45, 2.75) is 26.3 Å². The normalized spacial score (nSPS) is 19.5. The highest BCUT2D eigenvalue weighted by atomic mass is 35.5. The van der Waals surface area contributed by atoms with Gasteiger partial charge in [0.05, 0.1) is 13.7 Å². The summed E-state index contributed by atoms with van der Waals surface area (Å²) >= 11 is 6.38. The van der Waals surface area contributed by atoms with Gasteiger partial charge in [0.15, 0.2) is 11.5 Å². The van der Waals surface area contributed by atoms with Gasteiger partial charge in [-0.05, 0) is 50.4 Å². The molecule has 0 saturated carbocycles. The van der Waals surface area contributed by atoms with Crippen LogP contribution in [0, 0.1) is 5.92 Å². The third-order valence-corrected chi connectivity index (χ3v) is 4.31. The predicted octanol–water partition coefficient (Wildman–Crippen LogP) is 2.92. The Kier molecular flexibility index (Phi) is 6.15. The van der Waals surface area contributed by atoms with Crippen LogP contribution >= 0.6 is 11.6 Å². The van der Waals surface area contributed by atoms with E-state index in [1.54, 1.807) is 7.11 Å². The first-order chi connectivity index (χ1) is 10.2. The minimum absolute atomic E-state index is 0.599. The van der Waals surface area contributed by atoms with Gasteiger partial charge in [0, 0.05) is 24.2 Å². The molecule has 1 heterocycles. The van der Waals surface area contributed by atoms with E-state index in [-0.39, 0.29) is 0 Å². The van der Waals surface area contributed by atoms with Crippen molar-refractivity contribution in [3.63, 3.8) is 0 Å². The lowest BCUT2D eigenvalue weighted by atomic mass is 9.98. The molecule has 0 radical (unpaired) electrons. The molecule has 21 heavy (non-hydrogen) atoms. The lowest BCUT2D eigenvalue weighted by Gasteiger charge is -2.32. The number of halogens is 1. The van der Waals surface area contributed by atoms with Crippen LogP contribution in [-0.4, -0.2) is 38.3 Å². The zero-order valence-corrected chi connectivity index (χ0v) is 13.7. The van der Waals surface area contributed by atoms with Crippen LogP contribution in [0.15, 0.2) is 12.1 Å². The van der Waals surface area contributed by atoms with Crippen LogP contribution in [0.1, 0.15) is 25.3 Å². The van der Waals surface area contributed by atoms with E-state index in [9.17, 15) is 0 Å². The quantitative estimate of drug-likeness (QED) is 0.877. The molecule has 0 spiro atoms. The van der Waals surface area contributed by atoms with Gasteiger partial charge in [0.25, 0.3) is 0 Å².